The number of nitrogens with zero attached hydrogens (tertiary/aromatic N) is 2. The molecular weight excluding hydrogens is 365 g/mol. The van der Waals surface area contributed by atoms with Crippen molar-refractivity contribution >= 4 is 25.3 Å². The molecule has 2 heterocycles. The lowest BCUT2D eigenvalue weighted by atomic mass is 9.69. The van der Waals surface area contributed by atoms with Gasteiger partial charge in [0, 0.05) is 18.6 Å². The van der Waals surface area contributed by atoms with Crippen LogP contribution in [0.4, 0.5) is 17.5 Å². The fourth-order valence-corrected chi connectivity index (χ4v) is 4.22. The Hall–Kier alpha value is -1.65. The number of aromatic nitrogens is 2. The molecule has 0 amide bonds. The van der Waals surface area contributed by atoms with Crippen LogP contribution in [0, 0.1) is 11.8 Å². The van der Waals surface area contributed by atoms with Gasteiger partial charge in [-0.1, -0.05) is 6.92 Å². The zero-order valence-electron chi connectivity index (χ0n) is 14.4. The number of rotatable bonds is 8. The number of phosphoric acid groups is 1. The maximum Gasteiger partial charge on any atom is 0.472 e. The van der Waals surface area contributed by atoms with Crippen LogP contribution in [-0.2, 0) is 13.6 Å². The molecule has 6 N–H and O–H groups in total. The van der Waals surface area contributed by atoms with Crippen molar-refractivity contribution in [1.29, 1.82) is 0 Å². The third kappa shape index (κ3) is 3.72. The first-order valence-corrected chi connectivity index (χ1v) is 9.99. The molecule has 146 valence electrons. The van der Waals surface area contributed by atoms with Gasteiger partial charge >= 0.3 is 7.82 Å². The maximum atomic E-state index is 12.0. The molecule has 4 unspecified atom stereocenters. The van der Waals surface area contributed by atoms with E-state index < -0.39 is 7.82 Å². The molecule has 0 radical (unpaired) electrons. The fraction of sp³-hybridized carbons (Fsp3) is 0.714. The molecule has 4 atom stereocenters. The van der Waals surface area contributed by atoms with Crippen molar-refractivity contribution < 1.29 is 23.6 Å². The molecule has 0 spiro atoms. The second-order valence-electron chi connectivity index (χ2n) is 6.46. The molecule has 12 heteroatoms. The Bertz CT molecular complexity index is 758. The monoisotopic (exact) mass is 389 g/mol. The largest absolute Gasteiger partial charge is 0.472 e. The molecule has 1 saturated carbocycles. The number of nitrogen functional groups attached to an aromatic ring is 1. The van der Waals surface area contributed by atoms with Crippen LogP contribution >= 0.6 is 7.82 Å². The van der Waals surface area contributed by atoms with Crippen molar-refractivity contribution in [3.63, 3.8) is 0 Å². The van der Waals surface area contributed by atoms with Crippen LogP contribution in [0.15, 0.2) is 4.79 Å². The van der Waals surface area contributed by atoms with Crippen molar-refractivity contribution in [3.8, 4) is 0 Å². The predicted octanol–water partition coefficient (Wildman–Crippen LogP) is 0.0821. The Labute approximate surface area is 150 Å². The van der Waals surface area contributed by atoms with Crippen LogP contribution in [0.2, 0.25) is 0 Å². The number of fused-ring (bicyclic) bond motifs is 1. The first-order chi connectivity index (χ1) is 12.4. The van der Waals surface area contributed by atoms with Crippen LogP contribution < -0.4 is 21.5 Å². The summed E-state index contributed by atoms with van der Waals surface area (Å²) in [7, 11) is -4.13. The number of H-pyrrole nitrogens is 1. The Kier molecular flexibility index (Phi) is 5.54. The highest BCUT2D eigenvalue weighted by Crippen LogP contribution is 2.48. The number of aliphatic hydroxyl groups is 1. The smallest absolute Gasteiger partial charge is 0.396 e. The number of aromatic amines is 1. The third-order valence-corrected chi connectivity index (χ3v) is 5.77. The van der Waals surface area contributed by atoms with Crippen molar-refractivity contribution in [2.45, 2.75) is 25.8 Å². The van der Waals surface area contributed by atoms with E-state index in [1.165, 1.54) is 0 Å². The lowest BCUT2D eigenvalue weighted by molar-refractivity contribution is 0.0170. The average molecular weight is 389 g/mol. The van der Waals surface area contributed by atoms with E-state index in [0.717, 1.165) is 0 Å². The third-order valence-electron chi connectivity index (χ3n) is 4.78. The quantitative estimate of drug-likeness (QED) is 0.385. The van der Waals surface area contributed by atoms with E-state index in [1.54, 1.807) is 0 Å². The Balaban J connectivity index is 1.72. The number of aliphatic hydroxyl groups excluding tert-OH is 1. The number of hydrogen-bond acceptors (Lipinski definition) is 9. The van der Waals surface area contributed by atoms with E-state index >= 15 is 0 Å². The van der Waals surface area contributed by atoms with Gasteiger partial charge in [-0.15, -0.1) is 0 Å². The molecule has 1 aliphatic carbocycles. The van der Waals surface area contributed by atoms with Gasteiger partial charge in [0.05, 0.1) is 19.9 Å². The van der Waals surface area contributed by atoms with E-state index in [1.807, 2.05) is 11.8 Å². The topological polar surface area (TPSA) is 163 Å². The van der Waals surface area contributed by atoms with Gasteiger partial charge in [-0.05, 0) is 18.8 Å². The molecule has 1 aromatic heterocycles. The zero-order chi connectivity index (χ0) is 18.9. The predicted molar refractivity (Wildman–Crippen MR) is 94.7 cm³/mol. The second kappa shape index (κ2) is 7.53. The maximum absolute atomic E-state index is 12.0. The minimum Gasteiger partial charge on any atom is -0.396 e. The summed E-state index contributed by atoms with van der Waals surface area (Å²) in [5.74, 6) is 0.170. The number of nitrogens with two attached hydrogens (primary N) is 1. The lowest BCUT2D eigenvalue weighted by Gasteiger charge is -2.48. The molecule has 1 aromatic rings. The summed E-state index contributed by atoms with van der Waals surface area (Å²) in [4.78, 5) is 30.1. The number of nitrogens with one attached hydrogen (secondary N) is 2. The van der Waals surface area contributed by atoms with Gasteiger partial charge in [-0.2, -0.15) is 4.98 Å². The van der Waals surface area contributed by atoms with Crippen molar-refractivity contribution in [2.24, 2.45) is 11.8 Å². The second-order valence-corrected chi connectivity index (χ2v) is 7.92. The van der Waals surface area contributed by atoms with E-state index in [9.17, 15) is 19.4 Å². The number of phosphoric ester groups is 1. The lowest BCUT2D eigenvalue weighted by Crippen LogP contribution is -2.55. The summed E-state index contributed by atoms with van der Waals surface area (Å²) in [6.07, 6.45) is 1.24. The minimum absolute atomic E-state index is 0.0149. The van der Waals surface area contributed by atoms with Crippen LogP contribution in [0.1, 0.15) is 19.8 Å². The number of anilines is 3. The zero-order valence-corrected chi connectivity index (χ0v) is 15.3. The molecule has 0 bridgehead atoms. The van der Waals surface area contributed by atoms with Gasteiger partial charge in [0.15, 0.2) is 5.82 Å². The summed E-state index contributed by atoms with van der Waals surface area (Å²) in [6.45, 7) is 2.20. The summed E-state index contributed by atoms with van der Waals surface area (Å²) in [5, 5.41) is 12.5. The first kappa shape index (κ1) is 19.1. The van der Waals surface area contributed by atoms with Gasteiger partial charge in [0.2, 0.25) is 5.95 Å². The highest BCUT2D eigenvalue weighted by atomic mass is 31.2. The molecule has 0 aromatic carbocycles. The molecule has 1 aliphatic heterocycles. The molecule has 0 saturated heterocycles. The molecular formula is C14H24N5O6P. The van der Waals surface area contributed by atoms with E-state index in [-0.39, 0.29) is 49.2 Å². The van der Waals surface area contributed by atoms with E-state index in [0.29, 0.717) is 31.0 Å². The van der Waals surface area contributed by atoms with Crippen LogP contribution in [0.3, 0.4) is 0 Å². The van der Waals surface area contributed by atoms with Gasteiger partial charge in [0.25, 0.3) is 5.56 Å². The Morgan fingerprint density at radius 2 is 2.23 bits per heavy atom. The van der Waals surface area contributed by atoms with Gasteiger partial charge in [-0.25, -0.2) is 4.57 Å². The SMILES string of the molecule is CCCOP(=O)(O)OCC1C(CO)CC1N1CNc2c1nc(N)[nH]c2=O. The Morgan fingerprint density at radius 3 is 2.92 bits per heavy atom. The Morgan fingerprint density at radius 1 is 1.46 bits per heavy atom. The summed E-state index contributed by atoms with van der Waals surface area (Å²) >= 11 is 0. The van der Waals surface area contributed by atoms with Crippen LogP contribution in [0.5, 0.6) is 0 Å². The summed E-state index contributed by atoms with van der Waals surface area (Å²) < 4.78 is 21.8. The highest BCUT2D eigenvalue weighted by Gasteiger charge is 2.47. The van der Waals surface area contributed by atoms with Crippen molar-refractivity contribution in [2.75, 3.05) is 42.4 Å². The summed E-state index contributed by atoms with van der Waals surface area (Å²) in [5.41, 5.74) is 5.62. The fourth-order valence-electron chi connectivity index (χ4n) is 3.38. The minimum atomic E-state index is -4.13. The first-order valence-electron chi connectivity index (χ1n) is 8.49. The summed E-state index contributed by atoms with van der Waals surface area (Å²) in [6, 6.07) is -0.110. The molecule has 3 rings (SSSR count). The molecule has 2 aliphatic rings. The van der Waals surface area contributed by atoms with Crippen LogP contribution in [0.25, 0.3) is 0 Å². The van der Waals surface area contributed by atoms with Crippen LogP contribution in [-0.4, -0.2) is 52.5 Å². The molecule has 11 nitrogen and oxygen atoms in total. The van der Waals surface area contributed by atoms with Gasteiger partial charge in [0.1, 0.15) is 5.69 Å². The molecule has 1 fully saturated rings. The number of hydrogen-bond donors (Lipinski definition) is 5. The normalized spacial score (nSPS) is 26.7. The van der Waals surface area contributed by atoms with E-state index in [2.05, 4.69) is 15.3 Å². The standard InChI is InChI=1S/C14H24N5O6P/c1-2-3-24-26(22,23)25-6-9-8(5-20)4-10(9)19-7-16-11-12(19)17-14(15)18-13(11)21/h8-10,16,20H,2-7H2,1H3,(H,22,23)(H3,15,17,18,21). The highest BCUT2D eigenvalue weighted by molar-refractivity contribution is 7.47. The van der Waals surface area contributed by atoms with Gasteiger partial charge in [-0.3, -0.25) is 18.8 Å². The van der Waals surface area contributed by atoms with Crippen molar-refractivity contribution in [3.05, 3.63) is 10.4 Å². The molecule has 26 heavy (non-hydrogen) atoms. The van der Waals surface area contributed by atoms with Gasteiger partial charge < -0.3 is 26.0 Å². The van der Waals surface area contributed by atoms with Crippen molar-refractivity contribution in [1.82, 2.24) is 9.97 Å². The van der Waals surface area contributed by atoms with E-state index in [4.69, 9.17) is 14.8 Å². The average Bonchev–Trinajstić information content (AvgIpc) is 2.96.